The Hall–Kier alpha value is -1.52. The number of hydrogen-bond acceptors (Lipinski definition) is 4. The molecule has 5 rings (SSSR count). The maximum Gasteiger partial charge on any atom is 0.188 e. The molecule has 0 saturated carbocycles. The van der Waals surface area contributed by atoms with Crippen LogP contribution in [0.15, 0.2) is 35.5 Å². The normalized spacial score (nSPS) is 44.5. The molecule has 138 valence electrons. The highest BCUT2D eigenvalue weighted by atomic mass is 16.5. The number of ether oxygens (including phenoxy) is 2. The second-order valence-electron chi connectivity index (χ2n) is 9.00. The summed E-state index contributed by atoms with van der Waals surface area (Å²) in [4.78, 5) is 25.6. The van der Waals surface area contributed by atoms with Crippen molar-refractivity contribution in [3.8, 4) is 0 Å². The van der Waals surface area contributed by atoms with Crippen LogP contribution in [0.3, 0.4) is 0 Å². The molecular formula is C22H26O4. The first-order valence-electron chi connectivity index (χ1n) is 9.91. The van der Waals surface area contributed by atoms with Crippen molar-refractivity contribution in [3.63, 3.8) is 0 Å². The molecule has 26 heavy (non-hydrogen) atoms. The number of fused-ring (bicyclic) bond motifs is 9. The minimum absolute atomic E-state index is 0.0288. The van der Waals surface area contributed by atoms with Gasteiger partial charge in [0.1, 0.15) is 11.7 Å². The molecule has 0 aromatic heterocycles. The predicted octanol–water partition coefficient (Wildman–Crippen LogP) is 3.32. The summed E-state index contributed by atoms with van der Waals surface area (Å²) in [7, 11) is 0. The summed E-state index contributed by atoms with van der Waals surface area (Å²) in [5.74, 6) is 0.465. The molecule has 4 heterocycles. The fraction of sp³-hybridized carbons (Fsp3) is 0.636. The zero-order chi connectivity index (χ0) is 18.3. The Balaban J connectivity index is 1.67. The van der Waals surface area contributed by atoms with Gasteiger partial charge in [0.15, 0.2) is 11.6 Å². The highest BCUT2D eigenvalue weighted by Crippen LogP contribution is 2.63. The van der Waals surface area contributed by atoms with Crippen molar-refractivity contribution in [2.24, 2.45) is 17.3 Å². The van der Waals surface area contributed by atoms with Crippen molar-refractivity contribution in [2.75, 3.05) is 0 Å². The zero-order valence-corrected chi connectivity index (χ0v) is 15.7. The van der Waals surface area contributed by atoms with Crippen LogP contribution in [-0.4, -0.2) is 35.5 Å². The Bertz CT molecular complexity index is 786. The molecule has 0 amide bonds. The minimum Gasteiger partial charge on any atom is -0.359 e. The Morgan fingerprint density at radius 2 is 2.00 bits per heavy atom. The van der Waals surface area contributed by atoms with Crippen LogP contribution in [-0.2, 0) is 19.1 Å². The molecule has 1 saturated heterocycles. The molecule has 4 heteroatoms. The first-order chi connectivity index (χ1) is 12.4. The maximum atomic E-state index is 13.1. The third kappa shape index (κ3) is 1.87. The van der Waals surface area contributed by atoms with Gasteiger partial charge in [0, 0.05) is 17.3 Å². The van der Waals surface area contributed by atoms with E-state index in [-0.39, 0.29) is 41.0 Å². The molecular weight excluding hydrogens is 328 g/mol. The number of hydrogen-bond donors (Lipinski definition) is 0. The first-order valence-corrected chi connectivity index (χ1v) is 9.91. The SMILES string of the molecule is CCCC[C@@]12O[C@@H](C=CC1=O)C1CC3=C(C12)C(C)(C)[C@H]1C=CC(=O)[C@@H]3O1. The van der Waals surface area contributed by atoms with E-state index in [9.17, 15) is 9.59 Å². The monoisotopic (exact) mass is 354 g/mol. The Morgan fingerprint density at radius 3 is 2.77 bits per heavy atom. The third-order valence-corrected chi connectivity index (χ3v) is 7.27. The lowest BCUT2D eigenvalue weighted by Gasteiger charge is -2.47. The van der Waals surface area contributed by atoms with E-state index in [0.29, 0.717) is 0 Å². The predicted molar refractivity (Wildman–Crippen MR) is 96.5 cm³/mol. The average Bonchev–Trinajstić information content (AvgIpc) is 3.12. The lowest BCUT2D eigenvalue weighted by molar-refractivity contribution is -0.144. The highest BCUT2D eigenvalue weighted by molar-refractivity contribution is 6.00. The molecule has 6 atom stereocenters. The second kappa shape index (κ2) is 5.26. The van der Waals surface area contributed by atoms with Gasteiger partial charge in [-0.3, -0.25) is 9.59 Å². The maximum absolute atomic E-state index is 13.1. The van der Waals surface area contributed by atoms with Crippen LogP contribution in [0, 0.1) is 17.3 Å². The fourth-order valence-electron chi connectivity index (χ4n) is 6.09. The molecule has 0 radical (unpaired) electrons. The lowest BCUT2D eigenvalue weighted by Crippen LogP contribution is -2.52. The van der Waals surface area contributed by atoms with Crippen LogP contribution in [0.2, 0.25) is 0 Å². The summed E-state index contributed by atoms with van der Waals surface area (Å²) < 4.78 is 12.6. The number of carbonyl (C=O) groups is 2. The van der Waals surface area contributed by atoms with Crippen LogP contribution in [0.5, 0.6) is 0 Å². The van der Waals surface area contributed by atoms with Gasteiger partial charge in [0.2, 0.25) is 0 Å². The van der Waals surface area contributed by atoms with Crippen molar-refractivity contribution in [1.82, 2.24) is 0 Å². The summed E-state index contributed by atoms with van der Waals surface area (Å²) in [5.41, 5.74) is 1.43. The van der Waals surface area contributed by atoms with Crippen molar-refractivity contribution < 1.29 is 19.1 Å². The Kier molecular flexibility index (Phi) is 3.37. The van der Waals surface area contributed by atoms with Gasteiger partial charge >= 0.3 is 0 Å². The number of carbonyl (C=O) groups excluding carboxylic acids is 2. The average molecular weight is 354 g/mol. The largest absolute Gasteiger partial charge is 0.359 e. The Labute approximate surface area is 154 Å². The molecule has 1 aliphatic carbocycles. The van der Waals surface area contributed by atoms with E-state index in [0.717, 1.165) is 31.3 Å². The second-order valence-corrected chi connectivity index (χ2v) is 9.00. The quantitative estimate of drug-likeness (QED) is 0.730. The summed E-state index contributed by atoms with van der Waals surface area (Å²) in [5, 5.41) is 0. The van der Waals surface area contributed by atoms with E-state index in [1.807, 2.05) is 12.2 Å². The molecule has 0 N–H and O–H groups in total. The molecule has 5 aliphatic rings. The lowest BCUT2D eigenvalue weighted by atomic mass is 9.64. The molecule has 4 aliphatic heterocycles. The van der Waals surface area contributed by atoms with Crippen LogP contribution >= 0.6 is 0 Å². The van der Waals surface area contributed by atoms with E-state index >= 15 is 0 Å². The highest BCUT2D eigenvalue weighted by Gasteiger charge is 2.66. The Morgan fingerprint density at radius 1 is 1.19 bits per heavy atom. The van der Waals surface area contributed by atoms with Crippen LogP contribution < -0.4 is 0 Å². The topological polar surface area (TPSA) is 52.6 Å². The van der Waals surface area contributed by atoms with E-state index in [1.54, 1.807) is 12.2 Å². The molecule has 1 fully saturated rings. The fourth-order valence-corrected chi connectivity index (χ4v) is 6.09. The van der Waals surface area contributed by atoms with Crippen molar-refractivity contribution in [2.45, 2.75) is 70.4 Å². The molecule has 0 spiro atoms. The summed E-state index contributed by atoms with van der Waals surface area (Å²) in [6, 6.07) is 0. The van der Waals surface area contributed by atoms with E-state index in [4.69, 9.17) is 9.47 Å². The molecule has 2 unspecified atom stereocenters. The first kappa shape index (κ1) is 16.6. The smallest absolute Gasteiger partial charge is 0.188 e. The van der Waals surface area contributed by atoms with Gasteiger partial charge in [-0.2, -0.15) is 0 Å². The molecule has 4 nitrogen and oxygen atoms in total. The van der Waals surface area contributed by atoms with Crippen molar-refractivity contribution >= 4 is 11.6 Å². The summed E-state index contributed by atoms with van der Waals surface area (Å²) >= 11 is 0. The number of ketones is 2. The van der Waals surface area contributed by atoms with Gasteiger partial charge in [-0.05, 0) is 30.6 Å². The van der Waals surface area contributed by atoms with Crippen molar-refractivity contribution in [1.29, 1.82) is 0 Å². The van der Waals surface area contributed by atoms with Crippen LogP contribution in [0.4, 0.5) is 0 Å². The summed E-state index contributed by atoms with van der Waals surface area (Å²) in [6.45, 7) is 6.54. The molecule has 4 bridgehead atoms. The van der Waals surface area contributed by atoms with Gasteiger partial charge in [-0.25, -0.2) is 0 Å². The van der Waals surface area contributed by atoms with Crippen LogP contribution in [0.1, 0.15) is 46.5 Å². The third-order valence-electron chi connectivity index (χ3n) is 7.27. The van der Waals surface area contributed by atoms with Gasteiger partial charge in [-0.1, -0.05) is 51.3 Å². The van der Waals surface area contributed by atoms with Gasteiger partial charge < -0.3 is 9.47 Å². The molecule has 0 aromatic carbocycles. The standard InChI is InChI=1S/C22H26O4/c1-4-5-10-22-16(24)8-7-15(26-22)12-11-13-18(19(12)22)21(2,3)17-9-6-14(23)20(13)25-17/h6-9,12,15,17,19-20H,4-5,10-11H2,1-3H3/t12?,15-,17+,19?,20+,22+/m0/s1. The number of rotatable bonds is 3. The van der Waals surface area contributed by atoms with Crippen molar-refractivity contribution in [3.05, 3.63) is 35.5 Å². The minimum atomic E-state index is -0.743. The molecule has 0 aromatic rings. The van der Waals surface area contributed by atoms with Gasteiger partial charge in [0.05, 0.1) is 12.2 Å². The van der Waals surface area contributed by atoms with Crippen LogP contribution in [0.25, 0.3) is 0 Å². The van der Waals surface area contributed by atoms with E-state index in [2.05, 4.69) is 20.8 Å². The summed E-state index contributed by atoms with van der Waals surface area (Å²) in [6.07, 6.45) is 10.2. The zero-order valence-electron chi connectivity index (χ0n) is 15.7. The number of unbranched alkanes of at least 4 members (excludes halogenated alkanes) is 1. The van der Waals surface area contributed by atoms with Gasteiger partial charge in [0.25, 0.3) is 0 Å². The van der Waals surface area contributed by atoms with E-state index < -0.39 is 11.7 Å². The van der Waals surface area contributed by atoms with E-state index in [1.165, 1.54) is 5.57 Å². The van der Waals surface area contributed by atoms with Gasteiger partial charge in [-0.15, -0.1) is 0 Å².